The Labute approximate surface area is 196 Å². The number of aromatic nitrogens is 3. The number of rotatable bonds is 7. The quantitative estimate of drug-likeness (QED) is 0.409. The van der Waals surface area contributed by atoms with E-state index in [4.69, 9.17) is 11.6 Å². The Morgan fingerprint density at radius 1 is 1.06 bits per heavy atom. The molecule has 0 spiro atoms. The van der Waals surface area contributed by atoms with Crippen LogP contribution in [0.3, 0.4) is 0 Å². The second kappa shape index (κ2) is 8.44. The number of benzene rings is 2. The number of likely N-dealkylation sites (tertiary alicyclic amines) is 1. The zero-order valence-electron chi connectivity index (χ0n) is 18.4. The van der Waals surface area contributed by atoms with Gasteiger partial charge in [0.15, 0.2) is 5.82 Å². The minimum atomic E-state index is -4.28. The van der Waals surface area contributed by atoms with E-state index in [9.17, 15) is 13.2 Å². The third-order valence-corrected chi connectivity index (χ3v) is 7.54. The molecule has 1 saturated heterocycles. The van der Waals surface area contributed by atoms with Crippen LogP contribution in [0.1, 0.15) is 36.2 Å². The molecule has 174 valence electrons. The van der Waals surface area contributed by atoms with Crippen LogP contribution in [0, 0.1) is 5.92 Å². The topological polar surface area (TPSA) is 34.0 Å². The molecular weight excluding hydrogens is 449 g/mol. The van der Waals surface area contributed by atoms with Crippen LogP contribution in [0.25, 0.3) is 11.4 Å². The number of nitrogens with zero attached hydrogens (tertiary/aromatic N) is 4. The van der Waals surface area contributed by atoms with Gasteiger partial charge >= 0.3 is 6.18 Å². The number of alkyl halides is 3. The van der Waals surface area contributed by atoms with Crippen LogP contribution >= 0.6 is 11.6 Å². The molecule has 2 atom stereocenters. The average Bonchev–Trinajstić information content (AvgIpc) is 3.17. The molecule has 0 unspecified atom stereocenters. The minimum Gasteiger partial charge on any atom is -0.314 e. The third kappa shape index (κ3) is 4.28. The van der Waals surface area contributed by atoms with E-state index in [1.54, 1.807) is 12.1 Å². The van der Waals surface area contributed by atoms with Crippen LogP contribution in [0.2, 0.25) is 5.02 Å². The zero-order chi connectivity index (χ0) is 23.2. The fourth-order valence-electron chi connectivity index (χ4n) is 5.27. The van der Waals surface area contributed by atoms with Crippen molar-refractivity contribution < 1.29 is 13.2 Å². The molecule has 8 heteroatoms. The van der Waals surface area contributed by atoms with E-state index in [2.05, 4.69) is 15.1 Å². The first-order valence-corrected chi connectivity index (χ1v) is 11.7. The molecule has 0 N–H and O–H groups in total. The van der Waals surface area contributed by atoms with Crippen molar-refractivity contribution in [1.82, 2.24) is 19.7 Å². The molecule has 33 heavy (non-hydrogen) atoms. The SMILES string of the molecule is Cn1c(CCCCN2C[C@@H]3C[C@]3(c3ccc(C(F)(F)F)cc3)C2)nnc1-c1ccccc1Cl. The predicted octanol–water partition coefficient (Wildman–Crippen LogP) is 5.75. The number of hydrogen-bond donors (Lipinski definition) is 0. The van der Waals surface area contributed by atoms with E-state index < -0.39 is 11.7 Å². The summed E-state index contributed by atoms with van der Waals surface area (Å²) in [6.07, 6.45) is -0.307. The summed E-state index contributed by atoms with van der Waals surface area (Å²) >= 11 is 6.30. The highest BCUT2D eigenvalue weighted by molar-refractivity contribution is 6.33. The highest BCUT2D eigenvalue weighted by Crippen LogP contribution is 2.59. The van der Waals surface area contributed by atoms with E-state index in [0.29, 0.717) is 10.9 Å². The monoisotopic (exact) mass is 474 g/mol. The summed E-state index contributed by atoms with van der Waals surface area (Å²) in [5.74, 6) is 2.27. The van der Waals surface area contributed by atoms with Gasteiger partial charge in [0, 0.05) is 37.5 Å². The lowest BCUT2D eigenvalue weighted by Gasteiger charge is -2.21. The Kier molecular flexibility index (Phi) is 5.73. The Bertz CT molecular complexity index is 1140. The number of halogens is 4. The Morgan fingerprint density at radius 3 is 2.55 bits per heavy atom. The van der Waals surface area contributed by atoms with Crippen molar-refractivity contribution in [2.24, 2.45) is 13.0 Å². The van der Waals surface area contributed by atoms with Gasteiger partial charge in [0.25, 0.3) is 0 Å². The van der Waals surface area contributed by atoms with Crippen molar-refractivity contribution in [1.29, 1.82) is 0 Å². The maximum absolute atomic E-state index is 12.9. The van der Waals surface area contributed by atoms with Gasteiger partial charge in [-0.3, -0.25) is 0 Å². The molecule has 1 aromatic heterocycles. The summed E-state index contributed by atoms with van der Waals surface area (Å²) in [5, 5.41) is 9.35. The summed E-state index contributed by atoms with van der Waals surface area (Å²) in [4.78, 5) is 2.46. The molecular formula is C25H26ClF3N4. The van der Waals surface area contributed by atoms with Gasteiger partial charge in [0.1, 0.15) is 5.82 Å². The van der Waals surface area contributed by atoms with Gasteiger partial charge in [-0.15, -0.1) is 10.2 Å². The summed E-state index contributed by atoms with van der Waals surface area (Å²) in [5.41, 5.74) is 1.41. The van der Waals surface area contributed by atoms with Gasteiger partial charge in [-0.25, -0.2) is 0 Å². The molecule has 0 bridgehead atoms. The summed E-state index contributed by atoms with van der Waals surface area (Å²) < 4.78 is 40.6. The van der Waals surface area contributed by atoms with Gasteiger partial charge in [-0.2, -0.15) is 13.2 Å². The highest BCUT2D eigenvalue weighted by atomic mass is 35.5. The van der Waals surface area contributed by atoms with Gasteiger partial charge < -0.3 is 9.47 Å². The lowest BCUT2D eigenvalue weighted by atomic mass is 9.94. The molecule has 1 aliphatic heterocycles. The fourth-order valence-corrected chi connectivity index (χ4v) is 5.49. The lowest BCUT2D eigenvalue weighted by Crippen LogP contribution is -2.27. The molecule has 0 amide bonds. The molecule has 2 aromatic carbocycles. The van der Waals surface area contributed by atoms with Gasteiger partial charge in [-0.1, -0.05) is 35.9 Å². The molecule has 2 heterocycles. The zero-order valence-corrected chi connectivity index (χ0v) is 19.2. The average molecular weight is 475 g/mol. The molecule has 1 saturated carbocycles. The van der Waals surface area contributed by atoms with Gasteiger partial charge in [0.2, 0.25) is 0 Å². The molecule has 2 aliphatic rings. The van der Waals surface area contributed by atoms with E-state index in [1.165, 1.54) is 12.1 Å². The minimum absolute atomic E-state index is 0.0532. The first-order valence-electron chi connectivity index (χ1n) is 11.3. The maximum Gasteiger partial charge on any atom is 0.416 e. The van der Waals surface area contributed by atoms with Crippen molar-refractivity contribution in [2.45, 2.75) is 37.3 Å². The van der Waals surface area contributed by atoms with Crippen LogP contribution in [0.15, 0.2) is 48.5 Å². The van der Waals surface area contributed by atoms with Gasteiger partial charge in [-0.05, 0) is 61.6 Å². The Hall–Kier alpha value is -2.38. The van der Waals surface area contributed by atoms with Crippen LogP contribution in [-0.4, -0.2) is 39.3 Å². The van der Waals surface area contributed by atoms with Crippen LogP contribution in [0.4, 0.5) is 13.2 Å². The Balaban J connectivity index is 1.13. The van der Waals surface area contributed by atoms with Crippen molar-refractivity contribution in [3.8, 4) is 11.4 Å². The van der Waals surface area contributed by atoms with E-state index >= 15 is 0 Å². The van der Waals surface area contributed by atoms with E-state index in [0.717, 1.165) is 68.1 Å². The molecule has 5 rings (SSSR count). The second-order valence-electron chi connectivity index (χ2n) is 9.30. The molecule has 4 nitrogen and oxygen atoms in total. The van der Waals surface area contributed by atoms with Crippen LogP contribution < -0.4 is 0 Å². The lowest BCUT2D eigenvalue weighted by molar-refractivity contribution is -0.137. The number of unbranched alkanes of at least 4 members (excludes halogenated alkanes) is 1. The number of fused-ring (bicyclic) bond motifs is 1. The van der Waals surface area contributed by atoms with Crippen molar-refractivity contribution in [2.75, 3.05) is 19.6 Å². The fraction of sp³-hybridized carbons (Fsp3) is 0.440. The predicted molar refractivity (Wildman–Crippen MR) is 122 cm³/mol. The van der Waals surface area contributed by atoms with Gasteiger partial charge in [0.05, 0.1) is 10.6 Å². The molecule has 1 aliphatic carbocycles. The Morgan fingerprint density at radius 2 is 1.82 bits per heavy atom. The van der Waals surface area contributed by atoms with Crippen LogP contribution in [-0.2, 0) is 25.1 Å². The second-order valence-corrected chi connectivity index (χ2v) is 9.71. The van der Waals surface area contributed by atoms with Crippen molar-refractivity contribution in [3.63, 3.8) is 0 Å². The molecule has 0 radical (unpaired) electrons. The van der Waals surface area contributed by atoms with Crippen LogP contribution in [0.5, 0.6) is 0 Å². The number of aryl methyl sites for hydroxylation is 1. The maximum atomic E-state index is 12.9. The number of hydrogen-bond acceptors (Lipinski definition) is 3. The highest BCUT2D eigenvalue weighted by Gasteiger charge is 2.60. The molecule has 2 fully saturated rings. The first kappa shape index (κ1) is 22.4. The summed E-state index contributed by atoms with van der Waals surface area (Å²) in [6, 6.07) is 13.4. The van der Waals surface area contributed by atoms with E-state index in [1.807, 2.05) is 35.9 Å². The first-order chi connectivity index (χ1) is 15.8. The molecule has 3 aromatic rings. The van der Waals surface area contributed by atoms with E-state index in [-0.39, 0.29) is 5.41 Å². The standard InChI is InChI=1S/C25H26ClF3N4/c1-32-22(30-31-23(32)20-6-2-3-7-21(20)26)8-4-5-13-33-15-19-14-24(19,16-33)17-9-11-18(12-10-17)25(27,28)29/h2-3,6-7,9-12,19H,4-5,8,13-16H2,1H3/t19-,24+/m0/s1. The smallest absolute Gasteiger partial charge is 0.314 e. The largest absolute Gasteiger partial charge is 0.416 e. The van der Waals surface area contributed by atoms with Crippen molar-refractivity contribution >= 4 is 11.6 Å². The third-order valence-electron chi connectivity index (χ3n) is 7.21. The normalized spacial score (nSPS) is 22.5. The number of piperidine rings is 1. The summed E-state index contributed by atoms with van der Waals surface area (Å²) in [7, 11) is 1.97. The van der Waals surface area contributed by atoms with Crippen molar-refractivity contribution in [3.05, 3.63) is 70.5 Å². The summed E-state index contributed by atoms with van der Waals surface area (Å²) in [6.45, 7) is 2.96.